The minimum absolute atomic E-state index is 0.274. The van der Waals surface area contributed by atoms with Crippen molar-refractivity contribution in [3.05, 3.63) is 24.5 Å². The van der Waals surface area contributed by atoms with E-state index in [9.17, 15) is 0 Å². The lowest BCUT2D eigenvalue weighted by molar-refractivity contribution is 0.746. The molecule has 0 aliphatic rings. The van der Waals surface area contributed by atoms with Crippen molar-refractivity contribution < 1.29 is 0 Å². The maximum Gasteiger partial charge on any atom is 0.161 e. The monoisotopic (exact) mass is 232 g/mol. The molecule has 0 atom stereocenters. The molecule has 0 spiro atoms. The Morgan fingerprint density at radius 1 is 1.35 bits per heavy atom. The van der Waals surface area contributed by atoms with Crippen molar-refractivity contribution in [2.24, 2.45) is 0 Å². The van der Waals surface area contributed by atoms with Gasteiger partial charge in [-0.15, -0.1) is 0 Å². The molecule has 2 heterocycles. The first-order valence-electron chi connectivity index (χ1n) is 5.68. The Kier molecular flexibility index (Phi) is 3.32. The summed E-state index contributed by atoms with van der Waals surface area (Å²) in [6.45, 7) is 6.99. The van der Waals surface area contributed by atoms with Crippen LogP contribution >= 0.6 is 0 Å². The SMILES string of the molecule is CCNc1cc(-n2cncn2)nc(C(C)C)n1. The fourth-order valence-electron chi connectivity index (χ4n) is 1.43. The zero-order valence-corrected chi connectivity index (χ0v) is 10.3. The van der Waals surface area contributed by atoms with E-state index < -0.39 is 0 Å². The van der Waals surface area contributed by atoms with E-state index in [1.54, 1.807) is 11.0 Å². The van der Waals surface area contributed by atoms with E-state index in [-0.39, 0.29) is 5.92 Å². The van der Waals surface area contributed by atoms with Crippen molar-refractivity contribution in [1.82, 2.24) is 24.7 Å². The first kappa shape index (κ1) is 11.5. The van der Waals surface area contributed by atoms with Crippen LogP contribution in [-0.4, -0.2) is 31.3 Å². The topological polar surface area (TPSA) is 68.5 Å². The Balaban J connectivity index is 2.44. The smallest absolute Gasteiger partial charge is 0.161 e. The molecule has 0 aliphatic heterocycles. The number of aromatic nitrogens is 5. The number of anilines is 1. The van der Waals surface area contributed by atoms with Crippen LogP contribution in [0, 0.1) is 0 Å². The predicted octanol–water partition coefficient (Wildman–Crippen LogP) is 1.61. The molecule has 0 aromatic carbocycles. The molecule has 0 unspecified atom stereocenters. The van der Waals surface area contributed by atoms with E-state index in [0.29, 0.717) is 0 Å². The zero-order valence-electron chi connectivity index (χ0n) is 10.3. The van der Waals surface area contributed by atoms with Gasteiger partial charge in [0.1, 0.15) is 24.3 Å². The Morgan fingerprint density at radius 2 is 2.18 bits per heavy atom. The largest absolute Gasteiger partial charge is 0.370 e. The van der Waals surface area contributed by atoms with Crippen LogP contribution in [0.1, 0.15) is 32.5 Å². The van der Waals surface area contributed by atoms with Crippen LogP contribution in [-0.2, 0) is 0 Å². The summed E-state index contributed by atoms with van der Waals surface area (Å²) in [5, 5.41) is 7.27. The van der Waals surface area contributed by atoms with Crippen molar-refractivity contribution in [2.45, 2.75) is 26.7 Å². The standard InChI is InChI=1S/C11H16N6/c1-4-13-9-5-10(17-7-12-6-14-17)16-11(15-9)8(2)3/h5-8H,4H2,1-3H3,(H,13,15,16). The van der Waals surface area contributed by atoms with Crippen LogP contribution in [0.25, 0.3) is 5.82 Å². The van der Waals surface area contributed by atoms with Gasteiger partial charge in [0.25, 0.3) is 0 Å². The molecule has 6 heteroatoms. The molecule has 0 fully saturated rings. The molecule has 6 nitrogen and oxygen atoms in total. The maximum absolute atomic E-state index is 4.47. The van der Waals surface area contributed by atoms with Crippen molar-refractivity contribution in [3.8, 4) is 5.82 Å². The average Bonchev–Trinajstić information content (AvgIpc) is 2.82. The van der Waals surface area contributed by atoms with Gasteiger partial charge in [0.2, 0.25) is 0 Å². The lowest BCUT2D eigenvalue weighted by atomic mass is 10.2. The highest BCUT2D eigenvalue weighted by atomic mass is 15.3. The quantitative estimate of drug-likeness (QED) is 0.867. The highest BCUT2D eigenvalue weighted by Gasteiger charge is 2.09. The third-order valence-corrected chi connectivity index (χ3v) is 2.26. The Labute approximate surface area is 100 Å². The fourth-order valence-corrected chi connectivity index (χ4v) is 1.43. The van der Waals surface area contributed by atoms with Gasteiger partial charge in [0, 0.05) is 18.5 Å². The molecule has 0 aliphatic carbocycles. The lowest BCUT2D eigenvalue weighted by Crippen LogP contribution is -2.09. The van der Waals surface area contributed by atoms with Crippen LogP contribution in [0.4, 0.5) is 5.82 Å². The van der Waals surface area contributed by atoms with Crippen LogP contribution < -0.4 is 5.32 Å². The number of hydrogen-bond donors (Lipinski definition) is 1. The second-order valence-corrected chi connectivity index (χ2v) is 3.99. The molecular weight excluding hydrogens is 216 g/mol. The summed E-state index contributed by atoms with van der Waals surface area (Å²) in [5.74, 6) is 2.62. The van der Waals surface area contributed by atoms with Gasteiger partial charge in [-0.3, -0.25) is 0 Å². The summed E-state index contributed by atoms with van der Waals surface area (Å²) in [4.78, 5) is 12.8. The van der Waals surface area contributed by atoms with Crippen molar-refractivity contribution >= 4 is 5.82 Å². The van der Waals surface area contributed by atoms with E-state index in [0.717, 1.165) is 24.0 Å². The van der Waals surface area contributed by atoms with E-state index in [4.69, 9.17) is 0 Å². The zero-order chi connectivity index (χ0) is 12.3. The van der Waals surface area contributed by atoms with Gasteiger partial charge in [-0.2, -0.15) is 5.10 Å². The third-order valence-electron chi connectivity index (χ3n) is 2.26. The van der Waals surface area contributed by atoms with Gasteiger partial charge >= 0.3 is 0 Å². The van der Waals surface area contributed by atoms with Gasteiger partial charge in [-0.05, 0) is 6.92 Å². The molecule has 1 N–H and O–H groups in total. The summed E-state index contributed by atoms with van der Waals surface area (Å²) >= 11 is 0. The van der Waals surface area contributed by atoms with Crippen LogP contribution in [0.5, 0.6) is 0 Å². The van der Waals surface area contributed by atoms with E-state index in [2.05, 4.69) is 39.2 Å². The van der Waals surface area contributed by atoms with Crippen LogP contribution in [0.15, 0.2) is 18.7 Å². The molecular formula is C11H16N6. The van der Waals surface area contributed by atoms with Gasteiger partial charge in [0.15, 0.2) is 5.82 Å². The highest BCUT2D eigenvalue weighted by Crippen LogP contribution is 2.15. The second-order valence-electron chi connectivity index (χ2n) is 3.99. The molecule has 90 valence electrons. The van der Waals surface area contributed by atoms with Gasteiger partial charge in [0.05, 0.1) is 0 Å². The average molecular weight is 232 g/mol. The van der Waals surface area contributed by atoms with E-state index in [1.807, 2.05) is 13.0 Å². The molecule has 0 amide bonds. The summed E-state index contributed by atoms with van der Waals surface area (Å²) in [6, 6.07) is 1.87. The van der Waals surface area contributed by atoms with Crippen molar-refractivity contribution in [1.29, 1.82) is 0 Å². The molecule has 0 saturated heterocycles. The summed E-state index contributed by atoms with van der Waals surface area (Å²) < 4.78 is 1.63. The molecule has 2 rings (SSSR count). The predicted molar refractivity (Wildman–Crippen MR) is 65.2 cm³/mol. The molecule has 2 aromatic heterocycles. The normalized spacial score (nSPS) is 10.8. The maximum atomic E-state index is 4.47. The highest BCUT2D eigenvalue weighted by molar-refractivity contribution is 5.41. The van der Waals surface area contributed by atoms with Crippen LogP contribution in [0.3, 0.4) is 0 Å². The summed E-state index contributed by atoms with van der Waals surface area (Å²) in [6.07, 6.45) is 3.12. The molecule has 2 aromatic rings. The minimum atomic E-state index is 0.274. The fraction of sp³-hybridized carbons (Fsp3) is 0.455. The number of rotatable bonds is 4. The molecule has 0 radical (unpaired) electrons. The second kappa shape index (κ2) is 4.90. The first-order chi connectivity index (χ1) is 8.20. The van der Waals surface area contributed by atoms with Gasteiger partial charge in [-0.25, -0.2) is 19.6 Å². The first-order valence-corrected chi connectivity index (χ1v) is 5.68. The third kappa shape index (κ3) is 2.58. The van der Waals surface area contributed by atoms with E-state index in [1.165, 1.54) is 6.33 Å². The summed E-state index contributed by atoms with van der Waals surface area (Å²) in [7, 11) is 0. The Bertz CT molecular complexity index is 477. The van der Waals surface area contributed by atoms with Crippen LogP contribution in [0.2, 0.25) is 0 Å². The Hall–Kier alpha value is -1.98. The van der Waals surface area contributed by atoms with Crippen molar-refractivity contribution in [3.63, 3.8) is 0 Å². The lowest BCUT2D eigenvalue weighted by Gasteiger charge is -2.10. The minimum Gasteiger partial charge on any atom is -0.370 e. The number of hydrogen-bond acceptors (Lipinski definition) is 5. The molecule has 17 heavy (non-hydrogen) atoms. The van der Waals surface area contributed by atoms with Gasteiger partial charge < -0.3 is 5.32 Å². The van der Waals surface area contributed by atoms with Gasteiger partial charge in [-0.1, -0.05) is 13.8 Å². The number of nitrogens with zero attached hydrogens (tertiary/aromatic N) is 5. The molecule has 0 bridgehead atoms. The van der Waals surface area contributed by atoms with Crippen molar-refractivity contribution in [2.75, 3.05) is 11.9 Å². The van der Waals surface area contributed by atoms with E-state index >= 15 is 0 Å². The summed E-state index contributed by atoms with van der Waals surface area (Å²) in [5.41, 5.74) is 0. The Morgan fingerprint density at radius 3 is 2.76 bits per heavy atom. The number of nitrogens with one attached hydrogen (secondary N) is 1. The molecule has 0 saturated carbocycles.